The highest BCUT2D eigenvalue weighted by molar-refractivity contribution is 6.05. The zero-order chi connectivity index (χ0) is 16.4. The number of aryl methyl sites for hydroxylation is 2. The van der Waals surface area contributed by atoms with Crippen molar-refractivity contribution in [3.8, 4) is 6.07 Å². The molecule has 22 heavy (non-hydrogen) atoms. The third-order valence-corrected chi connectivity index (χ3v) is 3.56. The highest BCUT2D eigenvalue weighted by Crippen LogP contribution is 2.17. The van der Waals surface area contributed by atoms with Crippen molar-refractivity contribution in [2.45, 2.75) is 20.8 Å². The first-order chi connectivity index (χ1) is 10.4. The van der Waals surface area contributed by atoms with E-state index in [1.807, 2.05) is 6.92 Å². The molecule has 0 fully saturated rings. The van der Waals surface area contributed by atoms with Gasteiger partial charge in [0.05, 0.1) is 22.9 Å². The quantitative estimate of drug-likeness (QED) is 0.917. The van der Waals surface area contributed by atoms with Gasteiger partial charge in [-0.3, -0.25) is 19.4 Å². The van der Waals surface area contributed by atoms with Gasteiger partial charge in [-0.15, -0.1) is 0 Å². The molecule has 0 aromatic carbocycles. The monoisotopic (exact) mass is 301 g/mol. The average molecular weight is 301 g/mol. The second-order valence-corrected chi connectivity index (χ2v) is 5.38. The van der Waals surface area contributed by atoms with Gasteiger partial charge in [0.2, 0.25) is 0 Å². The molecule has 0 radical (unpaired) electrons. The Bertz CT molecular complexity index is 812. The molecule has 0 saturated heterocycles. The number of carbonyl (C=O) groups excluding carboxylic acids is 1. The Labute approximate surface area is 128 Å². The number of pyridine rings is 1. The summed E-state index contributed by atoms with van der Waals surface area (Å²) in [6, 6.07) is 3.75. The summed E-state index contributed by atoms with van der Waals surface area (Å²) in [5, 5.41) is 11.9. The lowest BCUT2D eigenvalue weighted by Gasteiger charge is -2.22. The summed E-state index contributed by atoms with van der Waals surface area (Å²) in [4.78, 5) is 30.8. The lowest BCUT2D eigenvalue weighted by atomic mass is 10.1. The fourth-order valence-electron chi connectivity index (χ4n) is 2.45. The molecule has 0 saturated carbocycles. The zero-order valence-corrected chi connectivity index (χ0v) is 13.2. The smallest absolute Gasteiger partial charge is 0.274 e. The van der Waals surface area contributed by atoms with E-state index in [-0.39, 0.29) is 17.4 Å². The van der Waals surface area contributed by atoms with E-state index in [0.29, 0.717) is 35.4 Å². The van der Waals surface area contributed by atoms with Crippen LogP contribution >= 0.6 is 0 Å². The number of aromatic nitrogens is 3. The average Bonchev–Trinajstić information content (AvgIpc) is 2.77. The molecular weight excluding hydrogens is 282 g/mol. The molecule has 0 unspecified atom stereocenters. The number of nitrogens with one attached hydrogen (secondary N) is 1. The first kappa shape index (κ1) is 15.8. The molecule has 1 amide bonds. The van der Waals surface area contributed by atoms with Crippen molar-refractivity contribution >= 4 is 16.9 Å². The molecule has 1 N–H and O–H groups in total. The van der Waals surface area contributed by atoms with Crippen molar-refractivity contribution in [1.29, 1.82) is 5.26 Å². The van der Waals surface area contributed by atoms with Gasteiger partial charge in [0.15, 0.2) is 5.65 Å². The maximum Gasteiger partial charge on any atom is 0.274 e. The number of carbonyl (C=O) groups is 1. The van der Waals surface area contributed by atoms with Gasteiger partial charge in [-0.2, -0.15) is 5.26 Å². The molecule has 2 aromatic rings. The standard InChI is InChI=1S/C15H19N5O2/c1-5-20(8-9(2)7-16)15(22)11-6-10(3)17-13-12(11)14(21)18-19(13)4/h6,9H,5,8H2,1-4H3,(H,18,21)/t9-/m1/s1. The van der Waals surface area contributed by atoms with Crippen LogP contribution in [-0.2, 0) is 7.05 Å². The Morgan fingerprint density at radius 3 is 2.86 bits per heavy atom. The number of hydrogen-bond acceptors (Lipinski definition) is 4. The van der Waals surface area contributed by atoms with Gasteiger partial charge in [-0.25, -0.2) is 4.98 Å². The van der Waals surface area contributed by atoms with Crippen LogP contribution < -0.4 is 5.56 Å². The van der Waals surface area contributed by atoms with Crippen LogP contribution in [0.2, 0.25) is 0 Å². The molecule has 0 spiro atoms. The molecule has 7 nitrogen and oxygen atoms in total. The van der Waals surface area contributed by atoms with Gasteiger partial charge in [0.1, 0.15) is 0 Å². The highest BCUT2D eigenvalue weighted by atomic mass is 16.2. The van der Waals surface area contributed by atoms with E-state index in [9.17, 15) is 9.59 Å². The number of rotatable bonds is 4. The Morgan fingerprint density at radius 2 is 2.27 bits per heavy atom. The van der Waals surface area contributed by atoms with Crippen LogP contribution in [0.15, 0.2) is 10.9 Å². The van der Waals surface area contributed by atoms with Crippen LogP contribution in [0.1, 0.15) is 29.9 Å². The number of H-pyrrole nitrogens is 1. The number of nitrogens with zero attached hydrogens (tertiary/aromatic N) is 4. The topological polar surface area (TPSA) is 94.8 Å². The summed E-state index contributed by atoms with van der Waals surface area (Å²) >= 11 is 0. The summed E-state index contributed by atoms with van der Waals surface area (Å²) in [5.41, 5.74) is 1.11. The Hall–Kier alpha value is -2.62. The maximum atomic E-state index is 12.8. The van der Waals surface area contributed by atoms with Gasteiger partial charge >= 0.3 is 0 Å². The number of aromatic amines is 1. The van der Waals surface area contributed by atoms with Crippen LogP contribution in [0, 0.1) is 24.2 Å². The SMILES string of the molecule is CCN(C[C@H](C)C#N)C(=O)c1cc(C)nc2c1c(=O)[nH]n2C. The lowest BCUT2D eigenvalue weighted by Crippen LogP contribution is -2.35. The van der Waals surface area contributed by atoms with Crippen LogP contribution in [0.4, 0.5) is 0 Å². The van der Waals surface area contributed by atoms with Crippen LogP contribution in [-0.4, -0.2) is 38.7 Å². The van der Waals surface area contributed by atoms with Crippen molar-refractivity contribution in [1.82, 2.24) is 19.7 Å². The normalized spacial score (nSPS) is 12.1. The molecular formula is C15H19N5O2. The fourth-order valence-corrected chi connectivity index (χ4v) is 2.45. The van der Waals surface area contributed by atoms with Gasteiger partial charge in [-0.05, 0) is 26.8 Å². The largest absolute Gasteiger partial charge is 0.338 e. The third kappa shape index (κ3) is 2.72. The molecule has 0 aliphatic heterocycles. The molecule has 116 valence electrons. The molecule has 2 aromatic heterocycles. The first-order valence-electron chi connectivity index (χ1n) is 7.14. The van der Waals surface area contributed by atoms with E-state index in [2.05, 4.69) is 16.2 Å². The second-order valence-electron chi connectivity index (χ2n) is 5.38. The molecule has 0 aliphatic carbocycles. The minimum atomic E-state index is -0.335. The van der Waals surface area contributed by atoms with E-state index in [1.165, 1.54) is 4.68 Å². The minimum Gasteiger partial charge on any atom is -0.338 e. The lowest BCUT2D eigenvalue weighted by molar-refractivity contribution is 0.0754. The van der Waals surface area contributed by atoms with E-state index in [1.54, 1.807) is 31.9 Å². The predicted octanol–water partition coefficient (Wildman–Crippen LogP) is 1.19. The molecule has 0 aliphatic rings. The number of nitriles is 1. The molecule has 7 heteroatoms. The Morgan fingerprint density at radius 1 is 1.59 bits per heavy atom. The van der Waals surface area contributed by atoms with Crippen LogP contribution in [0.3, 0.4) is 0 Å². The van der Waals surface area contributed by atoms with Gasteiger partial charge in [0, 0.05) is 25.8 Å². The van der Waals surface area contributed by atoms with Gasteiger partial charge in [0.25, 0.3) is 11.5 Å². The van der Waals surface area contributed by atoms with Crippen LogP contribution in [0.5, 0.6) is 0 Å². The summed E-state index contributed by atoms with van der Waals surface area (Å²) in [7, 11) is 1.68. The fraction of sp³-hybridized carbons (Fsp3) is 0.467. The summed E-state index contributed by atoms with van der Waals surface area (Å²) in [5.74, 6) is -0.520. The zero-order valence-electron chi connectivity index (χ0n) is 13.2. The second kappa shape index (κ2) is 6.02. The van der Waals surface area contributed by atoms with Crippen LogP contribution in [0.25, 0.3) is 11.0 Å². The number of amides is 1. The number of hydrogen-bond donors (Lipinski definition) is 1. The summed E-state index contributed by atoms with van der Waals surface area (Å²) in [6.07, 6.45) is 0. The van der Waals surface area contributed by atoms with Crippen molar-refractivity contribution in [3.63, 3.8) is 0 Å². The van der Waals surface area contributed by atoms with Crippen molar-refractivity contribution in [2.75, 3.05) is 13.1 Å². The van der Waals surface area contributed by atoms with Gasteiger partial charge in [-0.1, -0.05) is 0 Å². The third-order valence-electron chi connectivity index (χ3n) is 3.56. The maximum absolute atomic E-state index is 12.8. The van der Waals surface area contributed by atoms with Crippen molar-refractivity contribution in [2.24, 2.45) is 13.0 Å². The minimum absolute atomic E-state index is 0.253. The van der Waals surface area contributed by atoms with E-state index < -0.39 is 0 Å². The van der Waals surface area contributed by atoms with E-state index >= 15 is 0 Å². The molecule has 1 atom stereocenters. The molecule has 2 rings (SSSR count). The van der Waals surface area contributed by atoms with Gasteiger partial charge < -0.3 is 4.90 Å². The number of fused-ring (bicyclic) bond motifs is 1. The summed E-state index contributed by atoms with van der Waals surface area (Å²) in [6.45, 7) is 6.20. The van der Waals surface area contributed by atoms with Crippen molar-refractivity contribution in [3.05, 3.63) is 27.7 Å². The van der Waals surface area contributed by atoms with E-state index in [0.717, 1.165) is 0 Å². The summed E-state index contributed by atoms with van der Waals surface area (Å²) < 4.78 is 1.51. The Kier molecular flexibility index (Phi) is 4.31. The predicted molar refractivity (Wildman–Crippen MR) is 82.4 cm³/mol. The van der Waals surface area contributed by atoms with Crippen molar-refractivity contribution < 1.29 is 4.79 Å². The highest BCUT2D eigenvalue weighted by Gasteiger charge is 2.22. The molecule has 2 heterocycles. The first-order valence-corrected chi connectivity index (χ1v) is 7.14. The van der Waals surface area contributed by atoms with E-state index in [4.69, 9.17) is 5.26 Å². The molecule has 0 bridgehead atoms. The Balaban J connectivity index is 2.56.